The number of hydrogen-bond donors (Lipinski definition) is 5. The summed E-state index contributed by atoms with van der Waals surface area (Å²) in [4.78, 5) is 60.3. The van der Waals surface area contributed by atoms with Crippen LogP contribution in [0, 0.1) is 11.8 Å². The lowest BCUT2D eigenvalue weighted by molar-refractivity contribution is -0.172. The first-order valence-electron chi connectivity index (χ1n) is 14.9. The van der Waals surface area contributed by atoms with E-state index in [-0.39, 0.29) is 12.2 Å². The Morgan fingerprint density at radius 3 is 2.16 bits per heavy atom. The number of carbonyl (C=O) groups excluding carboxylic acids is 2. The van der Waals surface area contributed by atoms with Crippen LogP contribution in [0.15, 0.2) is 36.4 Å². The number of ketones is 1. The molecule has 0 aliphatic heterocycles. The maximum Gasteiger partial charge on any atom is 0.337 e. The maximum atomic E-state index is 13.2. The van der Waals surface area contributed by atoms with E-state index >= 15 is 0 Å². The van der Waals surface area contributed by atoms with Gasteiger partial charge in [0.05, 0.1) is 18.9 Å². The van der Waals surface area contributed by atoms with Crippen molar-refractivity contribution in [2.75, 3.05) is 6.61 Å². The van der Waals surface area contributed by atoms with Gasteiger partial charge in [-0.1, -0.05) is 57.9 Å². The molecule has 1 aromatic carbocycles. The Morgan fingerprint density at radius 2 is 1.60 bits per heavy atom. The van der Waals surface area contributed by atoms with E-state index in [1.807, 2.05) is 6.92 Å². The SMILES string of the molecule is CCCC(=O)CCCCCCC=C[C@H](C(=O)N[C@@H](Cc1ccc(OCCC(C)C)cc1)C(=O)O)[C@@](O)(CC(=O)O)C(=O)O. The van der Waals surface area contributed by atoms with Gasteiger partial charge >= 0.3 is 17.9 Å². The Balaban J connectivity index is 2.95. The van der Waals surface area contributed by atoms with Crippen molar-refractivity contribution in [3.63, 3.8) is 0 Å². The number of allylic oxidation sites excluding steroid dienone is 1. The van der Waals surface area contributed by atoms with Crippen molar-refractivity contribution in [2.24, 2.45) is 11.8 Å². The number of ether oxygens (including phenoxy) is 1. The molecule has 0 aliphatic rings. The van der Waals surface area contributed by atoms with Gasteiger partial charge in [-0.15, -0.1) is 0 Å². The zero-order chi connectivity index (χ0) is 32.4. The summed E-state index contributed by atoms with van der Waals surface area (Å²) in [6.45, 7) is 6.64. The smallest absolute Gasteiger partial charge is 0.337 e. The van der Waals surface area contributed by atoms with Crippen molar-refractivity contribution in [2.45, 2.75) is 103 Å². The van der Waals surface area contributed by atoms with Gasteiger partial charge in [0.15, 0.2) is 5.60 Å². The van der Waals surface area contributed by atoms with E-state index in [4.69, 9.17) is 4.74 Å². The zero-order valence-electron chi connectivity index (χ0n) is 25.4. The average molecular weight is 606 g/mol. The Bertz CT molecular complexity index is 1080. The van der Waals surface area contributed by atoms with Gasteiger partial charge in [-0.25, -0.2) is 9.59 Å². The summed E-state index contributed by atoms with van der Waals surface area (Å²) in [6, 6.07) is 5.20. The fraction of sp³-hybridized carbons (Fsp3) is 0.594. The van der Waals surface area contributed by atoms with Gasteiger partial charge in [-0.2, -0.15) is 0 Å². The fourth-order valence-electron chi connectivity index (χ4n) is 4.42. The van der Waals surface area contributed by atoms with Gasteiger partial charge in [0.2, 0.25) is 5.91 Å². The van der Waals surface area contributed by atoms with Crippen LogP contribution in [-0.4, -0.2) is 68.3 Å². The lowest BCUT2D eigenvalue weighted by Gasteiger charge is -2.29. The molecule has 0 radical (unpaired) electrons. The summed E-state index contributed by atoms with van der Waals surface area (Å²) < 4.78 is 5.67. The standard InChI is InChI=1S/C32H47NO10/c1-4-11-24(34)12-9-7-5-6-8-10-13-26(32(42,31(40)41)21-28(35)36)29(37)33-27(30(38)39)20-23-14-16-25(17-15-23)43-19-18-22(2)3/h10,13-17,22,26-27,42H,4-9,11-12,18-21H2,1-3H3,(H,33,37)(H,35,36)(H,38,39)(H,40,41)/t26-,27+,32+/m1/s1. The third kappa shape index (κ3) is 14.3. The molecule has 1 amide bonds. The molecule has 0 aliphatic carbocycles. The monoisotopic (exact) mass is 605 g/mol. The van der Waals surface area contributed by atoms with Gasteiger partial charge in [-0.3, -0.25) is 14.4 Å². The van der Waals surface area contributed by atoms with Crippen molar-refractivity contribution in [1.29, 1.82) is 0 Å². The van der Waals surface area contributed by atoms with Crippen LogP contribution < -0.4 is 10.1 Å². The predicted molar refractivity (Wildman–Crippen MR) is 160 cm³/mol. The molecule has 0 saturated heterocycles. The Morgan fingerprint density at radius 1 is 0.953 bits per heavy atom. The molecule has 0 unspecified atom stereocenters. The van der Waals surface area contributed by atoms with Crippen LogP contribution in [0.2, 0.25) is 0 Å². The summed E-state index contributed by atoms with van der Waals surface area (Å²) in [5, 5.41) is 41.9. The van der Waals surface area contributed by atoms with Crippen LogP contribution in [0.1, 0.15) is 90.5 Å². The van der Waals surface area contributed by atoms with E-state index in [2.05, 4.69) is 19.2 Å². The number of rotatable bonds is 23. The molecular weight excluding hydrogens is 558 g/mol. The van der Waals surface area contributed by atoms with Crippen LogP contribution in [0.5, 0.6) is 5.75 Å². The van der Waals surface area contributed by atoms with Gasteiger partial charge < -0.3 is 30.5 Å². The third-order valence-electron chi connectivity index (χ3n) is 6.96. The first-order valence-corrected chi connectivity index (χ1v) is 14.9. The zero-order valence-corrected chi connectivity index (χ0v) is 25.4. The lowest BCUT2D eigenvalue weighted by atomic mass is 9.82. The lowest BCUT2D eigenvalue weighted by Crippen LogP contribution is -2.55. The third-order valence-corrected chi connectivity index (χ3v) is 6.96. The van der Waals surface area contributed by atoms with E-state index in [1.165, 1.54) is 6.08 Å². The molecule has 1 aromatic rings. The highest BCUT2D eigenvalue weighted by Crippen LogP contribution is 2.26. The molecule has 0 spiro atoms. The number of aliphatic hydroxyl groups is 1. The molecule has 240 valence electrons. The second-order valence-corrected chi connectivity index (χ2v) is 11.2. The van der Waals surface area contributed by atoms with Crippen LogP contribution in [0.4, 0.5) is 0 Å². The number of carboxylic acids is 3. The van der Waals surface area contributed by atoms with Crippen molar-refractivity contribution in [3.05, 3.63) is 42.0 Å². The molecule has 3 atom stereocenters. The Labute approximate surface area is 253 Å². The fourth-order valence-corrected chi connectivity index (χ4v) is 4.42. The van der Waals surface area contributed by atoms with Crippen molar-refractivity contribution >= 4 is 29.6 Å². The number of unbranched alkanes of at least 4 members (excludes halogenated alkanes) is 4. The molecule has 43 heavy (non-hydrogen) atoms. The van der Waals surface area contributed by atoms with Gasteiger partial charge in [0, 0.05) is 19.3 Å². The van der Waals surface area contributed by atoms with Crippen molar-refractivity contribution < 1.29 is 49.1 Å². The number of carbonyl (C=O) groups is 5. The molecule has 5 N–H and O–H groups in total. The molecule has 11 heteroatoms. The van der Waals surface area contributed by atoms with Gasteiger partial charge in [-0.05, 0) is 55.7 Å². The summed E-state index contributed by atoms with van der Waals surface area (Å²) in [5.74, 6) is -6.63. The highest BCUT2D eigenvalue weighted by atomic mass is 16.5. The molecule has 0 heterocycles. The first kappa shape index (κ1) is 37.3. The van der Waals surface area contributed by atoms with Crippen LogP contribution >= 0.6 is 0 Å². The first-order chi connectivity index (χ1) is 20.3. The molecular formula is C32H47NO10. The van der Waals surface area contributed by atoms with Crippen molar-refractivity contribution in [1.82, 2.24) is 5.32 Å². The maximum absolute atomic E-state index is 13.2. The van der Waals surface area contributed by atoms with Crippen molar-refractivity contribution in [3.8, 4) is 5.75 Å². The molecule has 0 saturated carbocycles. The quantitative estimate of drug-likeness (QED) is 0.0884. The van der Waals surface area contributed by atoms with E-state index in [0.29, 0.717) is 49.5 Å². The normalized spacial score (nSPS) is 14.2. The van der Waals surface area contributed by atoms with E-state index in [9.17, 15) is 44.4 Å². The molecule has 0 aromatic heterocycles. The second-order valence-electron chi connectivity index (χ2n) is 11.2. The largest absolute Gasteiger partial charge is 0.494 e. The number of benzene rings is 1. The van der Waals surface area contributed by atoms with E-state index in [0.717, 1.165) is 38.2 Å². The van der Waals surface area contributed by atoms with Crippen LogP contribution in [0.3, 0.4) is 0 Å². The van der Waals surface area contributed by atoms with E-state index < -0.39 is 47.8 Å². The molecule has 0 fully saturated rings. The average Bonchev–Trinajstić information content (AvgIpc) is 2.92. The minimum Gasteiger partial charge on any atom is -0.494 e. The molecule has 11 nitrogen and oxygen atoms in total. The summed E-state index contributed by atoms with van der Waals surface area (Å²) in [6.07, 6.45) is 7.39. The van der Waals surface area contributed by atoms with Gasteiger partial charge in [0.25, 0.3) is 0 Å². The highest BCUT2D eigenvalue weighted by molar-refractivity contribution is 5.94. The van der Waals surface area contributed by atoms with Gasteiger partial charge in [0.1, 0.15) is 17.6 Å². The number of amides is 1. The highest BCUT2D eigenvalue weighted by Gasteiger charge is 2.49. The minimum atomic E-state index is -3.01. The minimum absolute atomic E-state index is 0.144. The van der Waals surface area contributed by atoms with Crippen LogP contribution in [-0.2, 0) is 30.4 Å². The number of nitrogens with one attached hydrogen (secondary N) is 1. The summed E-state index contributed by atoms with van der Waals surface area (Å²) in [5.41, 5.74) is -2.45. The summed E-state index contributed by atoms with van der Waals surface area (Å²) in [7, 11) is 0. The Hall–Kier alpha value is -3.73. The number of aliphatic carboxylic acids is 3. The van der Waals surface area contributed by atoms with Crippen LogP contribution in [0.25, 0.3) is 0 Å². The predicted octanol–water partition coefficient (Wildman–Crippen LogP) is 4.40. The van der Waals surface area contributed by atoms with E-state index in [1.54, 1.807) is 24.3 Å². The second kappa shape index (κ2) is 19.5. The topological polar surface area (TPSA) is 188 Å². The number of hydrogen-bond acceptors (Lipinski definition) is 7. The number of carboxylic acid groups (broad SMARTS) is 3. The molecule has 1 rings (SSSR count). The number of Topliss-reactive ketones (excluding diaryl/α,β-unsaturated/α-hetero) is 1. The molecule has 0 bridgehead atoms. The summed E-state index contributed by atoms with van der Waals surface area (Å²) >= 11 is 0. The Kier molecular flexibility index (Phi) is 16.9.